The molecule has 0 spiro atoms. The lowest BCUT2D eigenvalue weighted by atomic mass is 10.0. The molecule has 1 amide bonds. The van der Waals surface area contributed by atoms with E-state index in [0.717, 1.165) is 69.9 Å². The van der Waals surface area contributed by atoms with Crippen molar-refractivity contribution < 1.29 is 14.3 Å². The van der Waals surface area contributed by atoms with Crippen LogP contribution in [-0.2, 0) is 28.9 Å². The first-order chi connectivity index (χ1) is 14.7. The van der Waals surface area contributed by atoms with E-state index in [9.17, 15) is 4.79 Å². The number of pyridine rings is 1. The predicted molar refractivity (Wildman–Crippen MR) is 112 cm³/mol. The van der Waals surface area contributed by atoms with Gasteiger partial charge in [0.2, 0.25) is 11.8 Å². The van der Waals surface area contributed by atoms with Crippen molar-refractivity contribution in [1.82, 2.24) is 19.7 Å². The molecule has 8 heteroatoms. The van der Waals surface area contributed by atoms with E-state index < -0.39 is 0 Å². The first kappa shape index (κ1) is 19.4. The minimum atomic E-state index is 0.121. The summed E-state index contributed by atoms with van der Waals surface area (Å²) < 4.78 is 13.2. The standard InChI is InChI=1S/C22H29N5O3/c1-15(28)25-9-5-19-18(14-25)22(24-27(19)17-6-10-30-11-7-17)26-8-3-4-16-12-21(29-2)23-13-20(16)26/h12-13,17H,3-11,14H2,1-2H3. The Balaban J connectivity index is 1.58. The number of hydrogen-bond acceptors (Lipinski definition) is 6. The van der Waals surface area contributed by atoms with Crippen molar-refractivity contribution in [1.29, 1.82) is 0 Å². The summed E-state index contributed by atoms with van der Waals surface area (Å²) >= 11 is 0. The third-order valence-corrected chi connectivity index (χ3v) is 6.57. The van der Waals surface area contributed by atoms with Gasteiger partial charge in [0.1, 0.15) is 0 Å². The Hall–Kier alpha value is -2.61. The first-order valence-electron chi connectivity index (χ1n) is 10.9. The van der Waals surface area contributed by atoms with Gasteiger partial charge in [-0.2, -0.15) is 5.10 Å². The number of fused-ring (bicyclic) bond motifs is 2. The highest BCUT2D eigenvalue weighted by atomic mass is 16.5. The molecule has 0 saturated carbocycles. The molecule has 1 fully saturated rings. The molecule has 0 bridgehead atoms. The second-order valence-electron chi connectivity index (χ2n) is 8.34. The molecule has 0 unspecified atom stereocenters. The average molecular weight is 412 g/mol. The van der Waals surface area contributed by atoms with E-state index in [1.807, 2.05) is 17.2 Å². The van der Waals surface area contributed by atoms with Crippen molar-refractivity contribution >= 4 is 17.4 Å². The Labute approximate surface area is 176 Å². The molecule has 5 heterocycles. The largest absolute Gasteiger partial charge is 0.481 e. The fourth-order valence-corrected chi connectivity index (χ4v) is 4.94. The topological polar surface area (TPSA) is 72.7 Å². The Morgan fingerprint density at radius 1 is 1.23 bits per heavy atom. The van der Waals surface area contributed by atoms with Crippen LogP contribution in [0.5, 0.6) is 5.88 Å². The molecule has 2 aromatic rings. The lowest BCUT2D eigenvalue weighted by Crippen LogP contribution is -2.36. The van der Waals surface area contributed by atoms with Crippen LogP contribution >= 0.6 is 0 Å². The number of carbonyl (C=O) groups is 1. The second-order valence-corrected chi connectivity index (χ2v) is 8.34. The Bertz CT molecular complexity index is 950. The molecule has 1 saturated heterocycles. The Morgan fingerprint density at radius 3 is 2.83 bits per heavy atom. The molecule has 30 heavy (non-hydrogen) atoms. The zero-order chi connectivity index (χ0) is 20.7. The number of rotatable bonds is 3. The minimum absolute atomic E-state index is 0.121. The third kappa shape index (κ3) is 3.33. The van der Waals surface area contributed by atoms with Crippen LogP contribution in [0.3, 0.4) is 0 Å². The number of ether oxygens (including phenoxy) is 2. The van der Waals surface area contributed by atoms with Crippen molar-refractivity contribution in [3.8, 4) is 5.88 Å². The number of anilines is 2. The number of carbonyl (C=O) groups excluding carboxylic acids is 1. The number of aromatic nitrogens is 3. The normalized spacial score (nSPS) is 19.4. The highest BCUT2D eigenvalue weighted by Crippen LogP contribution is 2.39. The first-order valence-corrected chi connectivity index (χ1v) is 10.9. The van der Waals surface area contributed by atoms with Gasteiger partial charge in [-0.05, 0) is 31.2 Å². The Morgan fingerprint density at radius 2 is 2.07 bits per heavy atom. The number of hydrogen-bond donors (Lipinski definition) is 0. The van der Waals surface area contributed by atoms with Gasteiger partial charge >= 0.3 is 0 Å². The molecule has 0 N–H and O–H groups in total. The Kier molecular flexibility index (Phi) is 5.10. The van der Waals surface area contributed by atoms with Crippen LogP contribution in [0.25, 0.3) is 0 Å². The molecule has 0 radical (unpaired) electrons. The molecule has 3 aliphatic heterocycles. The molecule has 2 aromatic heterocycles. The van der Waals surface area contributed by atoms with E-state index in [1.54, 1.807) is 14.0 Å². The zero-order valence-corrected chi connectivity index (χ0v) is 17.8. The summed E-state index contributed by atoms with van der Waals surface area (Å²) in [7, 11) is 1.65. The van der Waals surface area contributed by atoms with Crippen LogP contribution in [0.1, 0.15) is 49.0 Å². The van der Waals surface area contributed by atoms with Crippen LogP contribution in [0.4, 0.5) is 11.5 Å². The van der Waals surface area contributed by atoms with E-state index in [0.29, 0.717) is 18.5 Å². The van der Waals surface area contributed by atoms with Gasteiger partial charge in [-0.3, -0.25) is 9.48 Å². The highest BCUT2D eigenvalue weighted by molar-refractivity contribution is 5.75. The molecule has 5 rings (SSSR count). The number of methoxy groups -OCH3 is 1. The monoisotopic (exact) mass is 411 g/mol. The maximum absolute atomic E-state index is 12.1. The summed E-state index contributed by atoms with van der Waals surface area (Å²) in [6.07, 6.45) is 6.78. The number of nitrogens with zero attached hydrogens (tertiary/aromatic N) is 5. The van der Waals surface area contributed by atoms with Crippen LogP contribution < -0.4 is 9.64 Å². The fourth-order valence-electron chi connectivity index (χ4n) is 4.94. The minimum Gasteiger partial charge on any atom is -0.481 e. The van der Waals surface area contributed by atoms with Crippen molar-refractivity contribution in [2.24, 2.45) is 0 Å². The quantitative estimate of drug-likeness (QED) is 0.773. The second kappa shape index (κ2) is 7.91. The smallest absolute Gasteiger partial charge is 0.219 e. The molecular weight excluding hydrogens is 382 g/mol. The SMILES string of the molecule is COc1cc2c(cn1)N(c1nn(C3CCOCC3)c3c1CN(C(C)=O)CC3)CCC2. The molecule has 0 atom stereocenters. The van der Waals surface area contributed by atoms with Gasteiger partial charge in [0.25, 0.3) is 0 Å². The molecule has 0 aromatic carbocycles. The molecule has 8 nitrogen and oxygen atoms in total. The van der Waals surface area contributed by atoms with E-state index in [2.05, 4.69) is 14.6 Å². The van der Waals surface area contributed by atoms with Crippen LogP contribution in [0.2, 0.25) is 0 Å². The maximum Gasteiger partial charge on any atom is 0.219 e. The summed E-state index contributed by atoms with van der Waals surface area (Å²) in [4.78, 5) is 20.8. The van der Waals surface area contributed by atoms with E-state index in [-0.39, 0.29) is 5.91 Å². The van der Waals surface area contributed by atoms with Gasteiger partial charge in [0.15, 0.2) is 5.82 Å². The van der Waals surface area contributed by atoms with Crippen molar-refractivity contribution in [3.05, 3.63) is 29.1 Å². The van der Waals surface area contributed by atoms with Gasteiger partial charge in [-0.1, -0.05) is 0 Å². The summed E-state index contributed by atoms with van der Waals surface area (Å²) in [6, 6.07) is 2.40. The summed E-state index contributed by atoms with van der Waals surface area (Å²) in [6.45, 7) is 5.50. The van der Waals surface area contributed by atoms with Crippen LogP contribution in [-0.4, -0.2) is 59.0 Å². The van der Waals surface area contributed by atoms with Crippen molar-refractivity contribution in [2.45, 2.75) is 51.6 Å². The summed E-state index contributed by atoms with van der Waals surface area (Å²) in [5, 5.41) is 5.16. The molecular formula is C22H29N5O3. The van der Waals surface area contributed by atoms with Crippen LogP contribution in [0.15, 0.2) is 12.3 Å². The van der Waals surface area contributed by atoms with Gasteiger partial charge in [0.05, 0.1) is 31.6 Å². The van der Waals surface area contributed by atoms with Crippen LogP contribution in [0, 0.1) is 0 Å². The van der Waals surface area contributed by atoms with Gasteiger partial charge in [-0.15, -0.1) is 0 Å². The van der Waals surface area contributed by atoms with E-state index in [1.165, 1.54) is 16.8 Å². The van der Waals surface area contributed by atoms with Gasteiger partial charge in [0, 0.05) is 57.0 Å². The third-order valence-electron chi connectivity index (χ3n) is 6.57. The summed E-state index contributed by atoms with van der Waals surface area (Å²) in [5.74, 6) is 1.75. The van der Waals surface area contributed by atoms with E-state index >= 15 is 0 Å². The lowest BCUT2D eigenvalue weighted by Gasteiger charge is -2.32. The molecule has 160 valence electrons. The average Bonchev–Trinajstić information content (AvgIpc) is 3.17. The van der Waals surface area contributed by atoms with Gasteiger partial charge in [-0.25, -0.2) is 4.98 Å². The lowest BCUT2D eigenvalue weighted by molar-refractivity contribution is -0.129. The zero-order valence-electron chi connectivity index (χ0n) is 17.8. The van der Waals surface area contributed by atoms with Crippen molar-refractivity contribution in [2.75, 3.05) is 38.3 Å². The molecule has 0 aliphatic carbocycles. The van der Waals surface area contributed by atoms with Crippen molar-refractivity contribution in [3.63, 3.8) is 0 Å². The number of aryl methyl sites for hydroxylation is 1. The van der Waals surface area contributed by atoms with E-state index in [4.69, 9.17) is 14.6 Å². The molecule has 3 aliphatic rings. The fraction of sp³-hybridized carbons (Fsp3) is 0.591. The van der Waals surface area contributed by atoms with Gasteiger partial charge < -0.3 is 19.3 Å². The maximum atomic E-state index is 12.1. The predicted octanol–water partition coefficient (Wildman–Crippen LogP) is 2.63. The highest BCUT2D eigenvalue weighted by Gasteiger charge is 2.33. The summed E-state index contributed by atoms with van der Waals surface area (Å²) in [5.41, 5.74) is 4.80. The number of amides is 1.